The first-order valence-corrected chi connectivity index (χ1v) is 7.47. The fourth-order valence-corrected chi connectivity index (χ4v) is 2.83. The van der Waals surface area contributed by atoms with Crippen LogP contribution in [0, 0.1) is 0 Å². The molecule has 0 saturated carbocycles. The maximum Gasteiger partial charge on any atom is 0.170 e. The third-order valence-electron chi connectivity index (χ3n) is 3.42. The summed E-state index contributed by atoms with van der Waals surface area (Å²) in [6.07, 6.45) is 4.72. The molecule has 0 aliphatic carbocycles. The number of imidazole rings is 1. The lowest BCUT2D eigenvalue weighted by atomic mass is 9.99. The largest absolute Gasteiger partial charge is 0.483 e. The normalized spacial score (nSPS) is 17.7. The Bertz CT molecular complexity index is 651. The number of carbonyl (C=O) groups is 1. The second kappa shape index (κ2) is 5.40. The molecule has 2 aromatic rings. The van der Waals surface area contributed by atoms with E-state index in [9.17, 15) is 4.79 Å². The Labute approximate surface area is 125 Å². The second-order valence-electron chi connectivity index (χ2n) is 4.89. The first-order valence-electron chi connectivity index (χ1n) is 6.68. The third kappa shape index (κ3) is 2.38. The van der Waals surface area contributed by atoms with Crippen molar-refractivity contribution in [3.63, 3.8) is 0 Å². The van der Waals surface area contributed by atoms with Crippen LogP contribution in [0.1, 0.15) is 41.9 Å². The van der Waals surface area contributed by atoms with E-state index in [0.29, 0.717) is 17.7 Å². The van der Waals surface area contributed by atoms with Crippen molar-refractivity contribution in [1.29, 1.82) is 0 Å². The predicted molar refractivity (Wildman–Crippen MR) is 79.0 cm³/mol. The Hall–Kier alpha value is -1.62. The molecule has 3 rings (SSSR count). The van der Waals surface area contributed by atoms with Crippen molar-refractivity contribution in [2.24, 2.45) is 0 Å². The van der Waals surface area contributed by atoms with Crippen LogP contribution in [0.3, 0.4) is 0 Å². The average Bonchev–Trinajstić information content (AvgIpc) is 2.86. The van der Waals surface area contributed by atoms with Gasteiger partial charge >= 0.3 is 0 Å². The fraction of sp³-hybridized carbons (Fsp3) is 0.333. The van der Waals surface area contributed by atoms with Crippen LogP contribution < -0.4 is 4.74 Å². The number of hydrogen-bond donors (Lipinski definition) is 0. The summed E-state index contributed by atoms with van der Waals surface area (Å²) in [6.45, 7) is 3.00. The molecule has 4 nitrogen and oxygen atoms in total. The highest BCUT2D eigenvalue weighted by atomic mass is 79.9. The van der Waals surface area contributed by atoms with Crippen molar-refractivity contribution in [1.82, 2.24) is 9.55 Å². The molecule has 1 aromatic heterocycles. The van der Waals surface area contributed by atoms with Crippen LogP contribution in [-0.4, -0.2) is 15.3 Å². The van der Waals surface area contributed by atoms with E-state index in [0.717, 1.165) is 23.1 Å². The van der Waals surface area contributed by atoms with Gasteiger partial charge in [-0.15, -0.1) is 0 Å². The average molecular weight is 335 g/mol. The van der Waals surface area contributed by atoms with E-state index in [1.54, 1.807) is 18.6 Å². The molecule has 0 N–H and O–H groups in total. The lowest BCUT2D eigenvalue weighted by Gasteiger charge is -2.26. The smallest absolute Gasteiger partial charge is 0.170 e. The van der Waals surface area contributed by atoms with E-state index in [-0.39, 0.29) is 11.9 Å². The van der Waals surface area contributed by atoms with Crippen LogP contribution in [-0.2, 0) is 6.54 Å². The van der Waals surface area contributed by atoms with Crippen molar-refractivity contribution < 1.29 is 9.53 Å². The lowest BCUT2D eigenvalue weighted by molar-refractivity contribution is 0.0839. The van der Waals surface area contributed by atoms with Crippen molar-refractivity contribution in [2.45, 2.75) is 32.4 Å². The zero-order valence-electron chi connectivity index (χ0n) is 11.2. The number of fused-ring (bicyclic) bond motifs is 1. The number of ketones is 1. The number of hydrogen-bond acceptors (Lipinski definition) is 3. The lowest BCUT2D eigenvalue weighted by Crippen LogP contribution is -2.22. The Morgan fingerprint density at radius 3 is 3.15 bits per heavy atom. The first kappa shape index (κ1) is 13.4. The number of Topliss-reactive ketones (excluding diaryl/α,β-unsaturated/α-hetero) is 1. The van der Waals surface area contributed by atoms with Gasteiger partial charge in [0.2, 0.25) is 0 Å². The Kier molecular flexibility index (Phi) is 3.61. The molecule has 1 atom stereocenters. The van der Waals surface area contributed by atoms with Gasteiger partial charge in [0.15, 0.2) is 5.78 Å². The highest BCUT2D eigenvalue weighted by Gasteiger charge is 2.29. The summed E-state index contributed by atoms with van der Waals surface area (Å²) in [6, 6.07) is 5.52. The highest BCUT2D eigenvalue weighted by molar-refractivity contribution is 9.10. The topological polar surface area (TPSA) is 44.1 Å². The standard InChI is InChI=1S/C15H15BrN2O2/c1-2-5-18-9-17-8-12(18)15-7-13(19)11-4-3-10(16)6-14(11)20-15/h3-4,6,8-9,15H,2,5,7H2,1H3. The summed E-state index contributed by atoms with van der Waals surface area (Å²) >= 11 is 3.41. The van der Waals surface area contributed by atoms with Crippen LogP contribution in [0.4, 0.5) is 0 Å². The van der Waals surface area contributed by atoms with Gasteiger partial charge in [-0.1, -0.05) is 22.9 Å². The van der Waals surface area contributed by atoms with Gasteiger partial charge in [-0.25, -0.2) is 4.98 Å². The predicted octanol–water partition coefficient (Wildman–Crippen LogP) is 3.76. The van der Waals surface area contributed by atoms with Gasteiger partial charge in [-0.3, -0.25) is 4.79 Å². The van der Waals surface area contributed by atoms with Crippen LogP contribution >= 0.6 is 15.9 Å². The molecule has 1 aromatic carbocycles. The van der Waals surface area contributed by atoms with Crippen LogP contribution in [0.15, 0.2) is 35.2 Å². The monoisotopic (exact) mass is 334 g/mol. The molecular weight excluding hydrogens is 320 g/mol. The number of nitrogens with zero attached hydrogens (tertiary/aromatic N) is 2. The number of aryl methyl sites for hydroxylation is 1. The molecule has 0 spiro atoms. The molecule has 5 heteroatoms. The Morgan fingerprint density at radius 2 is 2.35 bits per heavy atom. The van der Waals surface area contributed by atoms with Gasteiger partial charge in [0.1, 0.15) is 11.9 Å². The summed E-state index contributed by atoms with van der Waals surface area (Å²) < 4.78 is 8.97. The van der Waals surface area contributed by atoms with Crippen molar-refractivity contribution in [3.8, 4) is 5.75 Å². The van der Waals surface area contributed by atoms with Crippen LogP contribution in [0.5, 0.6) is 5.75 Å². The number of rotatable bonds is 3. The van der Waals surface area contributed by atoms with Gasteiger partial charge in [0.25, 0.3) is 0 Å². The highest BCUT2D eigenvalue weighted by Crippen LogP contribution is 2.36. The molecule has 1 aliphatic rings. The molecule has 2 heterocycles. The van der Waals surface area contributed by atoms with Crippen molar-refractivity contribution >= 4 is 21.7 Å². The minimum atomic E-state index is -0.252. The summed E-state index contributed by atoms with van der Waals surface area (Å²) in [5.74, 6) is 0.762. The van der Waals surface area contributed by atoms with E-state index in [2.05, 4.69) is 32.4 Å². The molecule has 1 aliphatic heterocycles. The number of halogens is 1. The van der Waals surface area contributed by atoms with Gasteiger partial charge in [-0.2, -0.15) is 0 Å². The van der Waals surface area contributed by atoms with Crippen LogP contribution in [0.2, 0.25) is 0 Å². The molecule has 0 saturated heterocycles. The van der Waals surface area contributed by atoms with E-state index >= 15 is 0 Å². The fourth-order valence-electron chi connectivity index (χ4n) is 2.49. The summed E-state index contributed by atoms with van der Waals surface area (Å²) in [7, 11) is 0. The van der Waals surface area contributed by atoms with E-state index in [4.69, 9.17) is 4.74 Å². The van der Waals surface area contributed by atoms with E-state index < -0.39 is 0 Å². The van der Waals surface area contributed by atoms with E-state index in [1.165, 1.54) is 0 Å². The minimum Gasteiger partial charge on any atom is -0.483 e. The van der Waals surface area contributed by atoms with Crippen molar-refractivity contribution in [2.75, 3.05) is 0 Å². The maximum absolute atomic E-state index is 12.2. The third-order valence-corrected chi connectivity index (χ3v) is 3.92. The molecule has 0 radical (unpaired) electrons. The number of aromatic nitrogens is 2. The molecule has 104 valence electrons. The van der Waals surface area contributed by atoms with Gasteiger partial charge in [0.05, 0.1) is 30.2 Å². The number of carbonyl (C=O) groups excluding carboxylic acids is 1. The minimum absolute atomic E-state index is 0.119. The SMILES string of the molecule is CCCn1cncc1C1CC(=O)c2ccc(Br)cc2O1. The molecule has 1 unspecified atom stereocenters. The zero-order valence-corrected chi connectivity index (χ0v) is 12.8. The zero-order chi connectivity index (χ0) is 14.1. The van der Waals surface area contributed by atoms with E-state index in [1.807, 2.05) is 12.1 Å². The second-order valence-corrected chi connectivity index (χ2v) is 5.80. The summed E-state index contributed by atoms with van der Waals surface area (Å²) in [5.41, 5.74) is 1.62. The van der Waals surface area contributed by atoms with Gasteiger partial charge < -0.3 is 9.30 Å². The molecule has 0 amide bonds. The summed E-state index contributed by atoms with van der Waals surface area (Å²) in [5, 5.41) is 0. The Morgan fingerprint density at radius 1 is 1.50 bits per heavy atom. The molecular formula is C15H15BrN2O2. The Balaban J connectivity index is 1.94. The first-order chi connectivity index (χ1) is 9.69. The summed E-state index contributed by atoms with van der Waals surface area (Å²) in [4.78, 5) is 16.4. The van der Waals surface area contributed by atoms with Gasteiger partial charge in [-0.05, 0) is 24.6 Å². The molecule has 20 heavy (non-hydrogen) atoms. The molecule has 0 fully saturated rings. The quantitative estimate of drug-likeness (QED) is 0.858. The van der Waals surface area contributed by atoms with Gasteiger partial charge in [0, 0.05) is 11.0 Å². The number of benzene rings is 1. The van der Waals surface area contributed by atoms with Crippen LogP contribution in [0.25, 0.3) is 0 Å². The number of ether oxygens (including phenoxy) is 1. The molecule has 0 bridgehead atoms. The maximum atomic E-state index is 12.2. The van der Waals surface area contributed by atoms with Crippen molar-refractivity contribution in [3.05, 3.63) is 46.5 Å².